The molecule has 2 unspecified atom stereocenters. The summed E-state index contributed by atoms with van der Waals surface area (Å²) in [5.74, 6) is -0.455. The van der Waals surface area contributed by atoms with E-state index >= 15 is 4.39 Å². The van der Waals surface area contributed by atoms with Gasteiger partial charge in [-0.2, -0.15) is 0 Å². The summed E-state index contributed by atoms with van der Waals surface area (Å²) in [5.41, 5.74) is 3.27. The number of benzene rings is 1. The molecule has 0 bridgehead atoms. The summed E-state index contributed by atoms with van der Waals surface area (Å²) in [5, 5.41) is 4.02. The molecule has 0 saturated heterocycles. The van der Waals surface area contributed by atoms with E-state index in [1.54, 1.807) is 49.3 Å². The third-order valence-electron chi connectivity index (χ3n) is 6.74. The number of hydrogen-bond donors (Lipinski definition) is 1. The second-order valence-corrected chi connectivity index (χ2v) is 9.61. The van der Waals surface area contributed by atoms with Gasteiger partial charge in [-0.05, 0) is 37.1 Å². The highest BCUT2D eigenvalue weighted by Crippen LogP contribution is 2.47. The molecule has 8 nitrogen and oxygen atoms in total. The van der Waals surface area contributed by atoms with E-state index in [9.17, 15) is 9.59 Å². The number of anilines is 1. The van der Waals surface area contributed by atoms with Gasteiger partial charge in [-0.1, -0.05) is 30.7 Å². The number of amides is 1. The van der Waals surface area contributed by atoms with Gasteiger partial charge in [0.15, 0.2) is 0 Å². The van der Waals surface area contributed by atoms with Crippen molar-refractivity contribution in [2.75, 3.05) is 18.6 Å². The van der Waals surface area contributed by atoms with Crippen molar-refractivity contribution in [2.45, 2.75) is 32.5 Å². The van der Waals surface area contributed by atoms with Crippen molar-refractivity contribution < 1.29 is 13.9 Å². The van der Waals surface area contributed by atoms with Crippen molar-refractivity contribution in [3.05, 3.63) is 98.1 Å². The Balaban J connectivity index is 1.66. The molecule has 37 heavy (non-hydrogen) atoms. The maximum Gasteiger partial charge on any atom is 0.277 e. The number of carbonyl (C=O) groups excluding carboxylic acids is 1. The van der Waals surface area contributed by atoms with Crippen LogP contribution < -0.4 is 20.5 Å². The minimum Gasteiger partial charge on any atom is -0.481 e. The van der Waals surface area contributed by atoms with Gasteiger partial charge in [0.05, 0.1) is 24.7 Å². The van der Waals surface area contributed by atoms with Crippen LogP contribution in [-0.4, -0.2) is 34.0 Å². The maximum atomic E-state index is 15.0. The van der Waals surface area contributed by atoms with Crippen LogP contribution >= 0.6 is 11.6 Å². The van der Waals surface area contributed by atoms with Gasteiger partial charge in [0.1, 0.15) is 23.7 Å². The SMILES string of the molecule is CCCN1C2=C(NC1c1cc(OC)ncc1F)C(c1ccc(Cl)cc1)N(c1cc(C)c(=O)n(C)c1)C2=O. The zero-order valence-electron chi connectivity index (χ0n) is 21.0. The smallest absolute Gasteiger partial charge is 0.277 e. The largest absolute Gasteiger partial charge is 0.481 e. The molecule has 2 atom stereocenters. The van der Waals surface area contributed by atoms with Crippen LogP contribution in [0.15, 0.2) is 65.0 Å². The molecule has 10 heteroatoms. The van der Waals surface area contributed by atoms with Crippen molar-refractivity contribution in [1.29, 1.82) is 0 Å². The summed E-state index contributed by atoms with van der Waals surface area (Å²) < 4.78 is 21.7. The first kappa shape index (κ1) is 24.8. The molecule has 0 aliphatic carbocycles. The molecule has 3 aromatic rings. The summed E-state index contributed by atoms with van der Waals surface area (Å²) in [6.07, 6.45) is 2.90. The highest BCUT2D eigenvalue weighted by molar-refractivity contribution is 6.30. The molecular formula is C27H27ClFN5O3. The lowest BCUT2D eigenvalue weighted by molar-refractivity contribution is -0.116. The van der Waals surface area contributed by atoms with Gasteiger partial charge in [0.25, 0.3) is 11.5 Å². The Kier molecular flexibility index (Phi) is 6.41. The summed E-state index contributed by atoms with van der Waals surface area (Å²) >= 11 is 6.17. The van der Waals surface area contributed by atoms with Gasteiger partial charge in [-0.3, -0.25) is 14.5 Å². The molecule has 192 valence electrons. The fourth-order valence-electron chi connectivity index (χ4n) is 5.08. The molecule has 1 N–H and O–H groups in total. The lowest BCUT2D eigenvalue weighted by Crippen LogP contribution is -2.41. The van der Waals surface area contributed by atoms with Crippen molar-refractivity contribution in [3.8, 4) is 5.88 Å². The number of aryl methyl sites for hydroxylation is 2. The number of hydrogen-bond acceptors (Lipinski definition) is 6. The predicted octanol–water partition coefficient (Wildman–Crippen LogP) is 4.20. The first-order valence-corrected chi connectivity index (χ1v) is 12.4. The molecule has 4 heterocycles. The molecule has 1 aromatic carbocycles. The van der Waals surface area contributed by atoms with E-state index in [4.69, 9.17) is 16.3 Å². The Labute approximate surface area is 218 Å². The minimum absolute atomic E-state index is 0.133. The second kappa shape index (κ2) is 9.55. The lowest BCUT2D eigenvalue weighted by atomic mass is 10.0. The standard InChI is InChI=1S/C27H27ClFN5O3/c1-5-10-33-24-22(31-25(33)19-12-21(37-4)30-13-20(19)29)23(16-6-8-17(28)9-7-16)34(27(24)36)18-11-15(2)26(35)32(3)14-18/h6-9,11-14,23,25,31H,5,10H2,1-4H3. The Bertz CT molecular complexity index is 1440. The van der Waals surface area contributed by atoms with E-state index in [1.807, 2.05) is 24.0 Å². The highest BCUT2D eigenvalue weighted by atomic mass is 35.5. The monoisotopic (exact) mass is 523 g/mol. The Morgan fingerprint density at radius 1 is 1.19 bits per heavy atom. The van der Waals surface area contributed by atoms with E-state index in [1.165, 1.54) is 11.7 Å². The van der Waals surface area contributed by atoms with Gasteiger partial charge >= 0.3 is 0 Å². The zero-order chi connectivity index (χ0) is 26.4. The minimum atomic E-state index is -0.621. The third kappa shape index (κ3) is 4.13. The predicted molar refractivity (Wildman–Crippen MR) is 139 cm³/mol. The number of pyridine rings is 2. The van der Waals surface area contributed by atoms with Crippen molar-refractivity contribution in [2.24, 2.45) is 7.05 Å². The second-order valence-electron chi connectivity index (χ2n) is 9.18. The van der Waals surface area contributed by atoms with Crippen LogP contribution in [-0.2, 0) is 11.8 Å². The molecule has 2 aromatic heterocycles. The average molecular weight is 524 g/mol. The molecule has 2 aliphatic heterocycles. The van der Waals surface area contributed by atoms with Crippen molar-refractivity contribution in [1.82, 2.24) is 19.8 Å². The van der Waals surface area contributed by atoms with Crippen LogP contribution in [0.5, 0.6) is 5.88 Å². The first-order valence-electron chi connectivity index (χ1n) is 12.0. The van der Waals surface area contributed by atoms with Gasteiger partial charge in [-0.25, -0.2) is 9.37 Å². The number of ether oxygens (including phenoxy) is 1. The lowest BCUT2D eigenvalue weighted by Gasteiger charge is -2.34. The Morgan fingerprint density at radius 2 is 1.92 bits per heavy atom. The number of nitrogens with zero attached hydrogens (tertiary/aromatic N) is 4. The molecule has 0 saturated carbocycles. The number of carbonyl (C=O) groups is 1. The first-order chi connectivity index (χ1) is 17.7. The molecule has 1 amide bonds. The van der Waals surface area contributed by atoms with E-state index in [0.29, 0.717) is 39.8 Å². The number of rotatable bonds is 6. The van der Waals surface area contributed by atoms with Crippen LogP contribution in [0.2, 0.25) is 5.02 Å². The molecule has 0 spiro atoms. The fourth-order valence-corrected chi connectivity index (χ4v) is 5.21. The highest BCUT2D eigenvalue weighted by Gasteiger charge is 2.50. The Morgan fingerprint density at radius 3 is 2.57 bits per heavy atom. The van der Waals surface area contributed by atoms with E-state index in [0.717, 1.165) is 18.2 Å². The number of nitrogens with one attached hydrogen (secondary N) is 1. The Hall–Kier alpha value is -3.85. The van der Waals surface area contributed by atoms with Gasteiger partial charge in [-0.15, -0.1) is 0 Å². The van der Waals surface area contributed by atoms with Crippen LogP contribution in [0.1, 0.15) is 42.2 Å². The number of halogens is 2. The normalized spacial score (nSPS) is 18.9. The van der Waals surface area contributed by atoms with Crippen LogP contribution in [0.4, 0.5) is 10.1 Å². The van der Waals surface area contributed by atoms with E-state index in [-0.39, 0.29) is 17.3 Å². The van der Waals surface area contributed by atoms with Gasteiger partial charge < -0.3 is 19.5 Å². The molecule has 0 radical (unpaired) electrons. The molecule has 2 aliphatic rings. The van der Waals surface area contributed by atoms with Crippen LogP contribution in [0.3, 0.4) is 0 Å². The van der Waals surface area contributed by atoms with E-state index in [2.05, 4.69) is 10.3 Å². The van der Waals surface area contributed by atoms with Crippen LogP contribution in [0.25, 0.3) is 0 Å². The van der Waals surface area contributed by atoms with Crippen molar-refractivity contribution >= 4 is 23.2 Å². The summed E-state index contributed by atoms with van der Waals surface area (Å²) in [4.78, 5) is 34.1. The summed E-state index contributed by atoms with van der Waals surface area (Å²) in [7, 11) is 3.14. The number of aromatic nitrogens is 2. The summed E-state index contributed by atoms with van der Waals surface area (Å²) in [6.45, 7) is 4.24. The van der Waals surface area contributed by atoms with Gasteiger partial charge in [0.2, 0.25) is 5.88 Å². The zero-order valence-corrected chi connectivity index (χ0v) is 21.7. The van der Waals surface area contributed by atoms with Gasteiger partial charge in [0, 0.05) is 42.0 Å². The maximum absolute atomic E-state index is 15.0. The van der Waals surface area contributed by atoms with Crippen molar-refractivity contribution in [3.63, 3.8) is 0 Å². The van der Waals surface area contributed by atoms with E-state index < -0.39 is 18.0 Å². The quantitative estimate of drug-likeness (QED) is 0.521. The summed E-state index contributed by atoms with van der Waals surface area (Å²) in [6, 6.07) is 10.0. The topological polar surface area (TPSA) is 79.7 Å². The average Bonchev–Trinajstić information content (AvgIpc) is 3.38. The third-order valence-corrected chi connectivity index (χ3v) is 6.99. The molecule has 5 rings (SSSR count). The van der Waals surface area contributed by atoms with Crippen LogP contribution in [0, 0.1) is 12.7 Å². The number of methoxy groups -OCH3 is 1. The molecular weight excluding hydrogens is 497 g/mol. The molecule has 0 fully saturated rings. The fraction of sp³-hybridized carbons (Fsp3) is 0.296.